The molecule has 0 bridgehead atoms. The first kappa shape index (κ1) is 22.3. The second-order valence-electron chi connectivity index (χ2n) is 8.03. The van der Waals surface area contributed by atoms with E-state index in [4.69, 9.17) is 4.74 Å². The molecule has 6 nitrogen and oxygen atoms in total. The van der Waals surface area contributed by atoms with Crippen LogP contribution in [0.2, 0.25) is 0 Å². The van der Waals surface area contributed by atoms with Gasteiger partial charge in [-0.25, -0.2) is 4.79 Å². The summed E-state index contributed by atoms with van der Waals surface area (Å²) >= 11 is 0. The third kappa shape index (κ3) is 5.86. The van der Waals surface area contributed by atoms with Gasteiger partial charge in [-0.2, -0.15) is 0 Å². The van der Waals surface area contributed by atoms with Gasteiger partial charge in [-0.3, -0.25) is 9.59 Å². The number of nitrogens with zero attached hydrogens (tertiary/aromatic N) is 1. The van der Waals surface area contributed by atoms with E-state index in [1.165, 1.54) is 0 Å². The lowest BCUT2D eigenvalue weighted by atomic mass is 9.95. The fourth-order valence-electron chi connectivity index (χ4n) is 3.89. The largest absolute Gasteiger partial charge is 0.452 e. The van der Waals surface area contributed by atoms with Gasteiger partial charge in [-0.1, -0.05) is 60.7 Å². The second kappa shape index (κ2) is 10.6. The summed E-state index contributed by atoms with van der Waals surface area (Å²) in [5.41, 5.74) is 3.24. The Morgan fingerprint density at radius 3 is 2.00 bits per heavy atom. The lowest BCUT2D eigenvalue weighted by Gasteiger charge is -2.31. The number of anilines is 1. The molecule has 0 aliphatic carbocycles. The lowest BCUT2D eigenvalue weighted by Crippen LogP contribution is -2.43. The standard InChI is InChI=1S/C27H26N2O4/c30-25(29-17-15-22(16-18-29)26(31)28-24-9-5-2-6-10-24)19-33-27(32)23-13-11-21(12-14-23)20-7-3-1-4-8-20/h1-14,22H,15-19H2,(H,28,31). The number of para-hydroxylation sites is 1. The van der Waals surface area contributed by atoms with Crippen LogP contribution in [0.25, 0.3) is 11.1 Å². The third-order valence-corrected chi connectivity index (χ3v) is 5.81. The zero-order valence-electron chi connectivity index (χ0n) is 18.3. The average Bonchev–Trinajstić information content (AvgIpc) is 2.88. The molecule has 33 heavy (non-hydrogen) atoms. The van der Waals surface area contributed by atoms with Gasteiger partial charge in [-0.05, 0) is 48.2 Å². The van der Waals surface area contributed by atoms with Crippen molar-refractivity contribution in [1.29, 1.82) is 0 Å². The summed E-state index contributed by atoms with van der Waals surface area (Å²) in [5, 5.41) is 2.92. The number of hydrogen-bond acceptors (Lipinski definition) is 4. The average molecular weight is 443 g/mol. The molecule has 1 N–H and O–H groups in total. The van der Waals surface area contributed by atoms with Crippen molar-refractivity contribution in [2.75, 3.05) is 25.0 Å². The van der Waals surface area contributed by atoms with E-state index in [0.29, 0.717) is 31.5 Å². The van der Waals surface area contributed by atoms with Crippen molar-refractivity contribution in [3.8, 4) is 11.1 Å². The Hall–Kier alpha value is -3.93. The number of ether oxygens (including phenoxy) is 1. The number of amides is 2. The topological polar surface area (TPSA) is 75.7 Å². The first-order chi connectivity index (χ1) is 16.1. The molecule has 2 amide bonds. The molecule has 1 fully saturated rings. The highest BCUT2D eigenvalue weighted by Crippen LogP contribution is 2.21. The van der Waals surface area contributed by atoms with Crippen molar-refractivity contribution >= 4 is 23.5 Å². The lowest BCUT2D eigenvalue weighted by molar-refractivity contribution is -0.137. The molecule has 6 heteroatoms. The molecule has 1 saturated heterocycles. The van der Waals surface area contributed by atoms with Crippen LogP contribution in [0.15, 0.2) is 84.9 Å². The predicted octanol–water partition coefficient (Wildman–Crippen LogP) is 4.39. The molecule has 0 unspecified atom stereocenters. The summed E-state index contributed by atoms with van der Waals surface area (Å²) in [6.45, 7) is 0.629. The summed E-state index contributed by atoms with van der Waals surface area (Å²) in [6.07, 6.45) is 1.17. The van der Waals surface area contributed by atoms with Crippen molar-refractivity contribution in [3.63, 3.8) is 0 Å². The first-order valence-corrected chi connectivity index (χ1v) is 11.1. The number of hydrogen-bond donors (Lipinski definition) is 1. The Labute approximate surface area is 193 Å². The minimum Gasteiger partial charge on any atom is -0.452 e. The predicted molar refractivity (Wildman–Crippen MR) is 127 cm³/mol. The van der Waals surface area contributed by atoms with Gasteiger partial charge >= 0.3 is 5.97 Å². The van der Waals surface area contributed by atoms with Crippen molar-refractivity contribution in [2.24, 2.45) is 5.92 Å². The number of esters is 1. The van der Waals surface area contributed by atoms with Gasteiger partial charge in [0.1, 0.15) is 0 Å². The van der Waals surface area contributed by atoms with Gasteiger partial charge in [0.25, 0.3) is 5.91 Å². The number of carbonyl (C=O) groups is 3. The van der Waals surface area contributed by atoms with Crippen molar-refractivity contribution in [2.45, 2.75) is 12.8 Å². The van der Waals surface area contributed by atoms with Crippen LogP contribution in [-0.4, -0.2) is 42.4 Å². The summed E-state index contributed by atoms with van der Waals surface area (Å²) in [6, 6.07) is 26.3. The number of likely N-dealkylation sites (tertiary alicyclic amines) is 1. The highest BCUT2D eigenvalue weighted by molar-refractivity contribution is 5.93. The Bertz CT molecular complexity index is 1090. The van der Waals surface area contributed by atoms with E-state index in [1.807, 2.05) is 72.8 Å². The molecule has 0 saturated carbocycles. The number of piperidine rings is 1. The molecular weight excluding hydrogens is 416 g/mol. The van der Waals surface area contributed by atoms with Crippen molar-refractivity contribution in [3.05, 3.63) is 90.5 Å². The van der Waals surface area contributed by atoms with Gasteiger partial charge in [0.2, 0.25) is 5.91 Å². The molecule has 1 aliphatic heterocycles. The van der Waals surface area contributed by atoms with E-state index < -0.39 is 5.97 Å². The van der Waals surface area contributed by atoms with Gasteiger partial charge in [-0.15, -0.1) is 0 Å². The second-order valence-corrected chi connectivity index (χ2v) is 8.03. The van der Waals surface area contributed by atoms with Crippen LogP contribution in [0.4, 0.5) is 5.69 Å². The van der Waals surface area contributed by atoms with E-state index in [1.54, 1.807) is 17.0 Å². The van der Waals surface area contributed by atoms with Gasteiger partial charge in [0, 0.05) is 24.7 Å². The summed E-state index contributed by atoms with van der Waals surface area (Å²) in [4.78, 5) is 38.9. The molecule has 0 radical (unpaired) electrons. The van der Waals surface area contributed by atoms with Gasteiger partial charge in [0.15, 0.2) is 6.61 Å². The Kier molecular flexibility index (Phi) is 7.15. The van der Waals surface area contributed by atoms with Crippen LogP contribution in [0.3, 0.4) is 0 Å². The van der Waals surface area contributed by atoms with Gasteiger partial charge < -0.3 is 15.0 Å². The van der Waals surface area contributed by atoms with Crippen molar-refractivity contribution < 1.29 is 19.1 Å². The maximum atomic E-state index is 12.5. The normalized spacial score (nSPS) is 13.9. The number of benzene rings is 3. The van der Waals surface area contributed by atoms with Crippen molar-refractivity contribution in [1.82, 2.24) is 4.90 Å². The Morgan fingerprint density at radius 1 is 0.788 bits per heavy atom. The van der Waals surface area contributed by atoms with Gasteiger partial charge in [0.05, 0.1) is 5.56 Å². The highest BCUT2D eigenvalue weighted by atomic mass is 16.5. The number of carbonyl (C=O) groups excluding carboxylic acids is 3. The summed E-state index contributed by atoms with van der Waals surface area (Å²) < 4.78 is 5.23. The zero-order chi connectivity index (χ0) is 23.0. The number of rotatable bonds is 6. The molecule has 3 aromatic rings. The molecular formula is C27H26N2O4. The molecule has 1 heterocycles. The maximum Gasteiger partial charge on any atom is 0.338 e. The molecule has 0 spiro atoms. The maximum absolute atomic E-state index is 12.5. The minimum atomic E-state index is -0.528. The molecule has 1 aliphatic rings. The van der Waals surface area contributed by atoms with Crippen LogP contribution in [-0.2, 0) is 14.3 Å². The molecule has 0 atom stereocenters. The quantitative estimate of drug-likeness (QED) is 0.575. The van der Waals surface area contributed by atoms with E-state index in [0.717, 1.165) is 16.8 Å². The summed E-state index contributed by atoms with van der Waals surface area (Å²) in [7, 11) is 0. The van der Waals surface area contributed by atoms with Crippen LogP contribution >= 0.6 is 0 Å². The SMILES string of the molecule is O=C(OCC(=O)N1CCC(C(=O)Nc2ccccc2)CC1)c1ccc(-c2ccccc2)cc1. The smallest absolute Gasteiger partial charge is 0.338 e. The van der Waals surface area contributed by atoms with E-state index in [9.17, 15) is 14.4 Å². The molecule has 4 rings (SSSR count). The third-order valence-electron chi connectivity index (χ3n) is 5.81. The molecule has 0 aromatic heterocycles. The monoisotopic (exact) mass is 442 g/mol. The highest BCUT2D eigenvalue weighted by Gasteiger charge is 2.27. The Morgan fingerprint density at radius 2 is 1.36 bits per heavy atom. The van der Waals surface area contributed by atoms with E-state index in [-0.39, 0.29) is 24.3 Å². The summed E-state index contributed by atoms with van der Waals surface area (Å²) in [5.74, 6) is -0.940. The molecule has 168 valence electrons. The van der Waals surface area contributed by atoms with Crippen LogP contribution in [0, 0.1) is 5.92 Å². The van der Waals surface area contributed by atoms with E-state index in [2.05, 4.69) is 5.32 Å². The molecule has 3 aromatic carbocycles. The van der Waals surface area contributed by atoms with E-state index >= 15 is 0 Å². The fraction of sp³-hybridized carbons (Fsp3) is 0.222. The zero-order valence-corrected chi connectivity index (χ0v) is 18.3. The number of nitrogens with one attached hydrogen (secondary N) is 1. The first-order valence-electron chi connectivity index (χ1n) is 11.1. The minimum absolute atomic E-state index is 0.0290. The van der Waals surface area contributed by atoms with Crippen LogP contribution in [0.1, 0.15) is 23.2 Å². The van der Waals surface area contributed by atoms with Crippen LogP contribution in [0.5, 0.6) is 0 Å². The Balaban J connectivity index is 1.22. The van der Waals surface area contributed by atoms with Crippen LogP contribution < -0.4 is 5.32 Å². The fourth-order valence-corrected chi connectivity index (χ4v) is 3.89.